The van der Waals surface area contributed by atoms with Crippen molar-refractivity contribution >= 4 is 17.3 Å². The van der Waals surface area contributed by atoms with Gasteiger partial charge in [-0.3, -0.25) is 0 Å². The maximum Gasteiger partial charge on any atom is 0.337 e. The van der Waals surface area contributed by atoms with E-state index in [1.54, 1.807) is 12.1 Å². The lowest BCUT2D eigenvalue weighted by atomic mass is 10.0. The fourth-order valence-electron chi connectivity index (χ4n) is 2.78. The zero-order chi connectivity index (χ0) is 18.0. The molecule has 0 saturated heterocycles. The van der Waals surface area contributed by atoms with Crippen LogP contribution in [0.25, 0.3) is 11.1 Å². The van der Waals surface area contributed by atoms with Crippen LogP contribution in [0.3, 0.4) is 0 Å². The van der Waals surface area contributed by atoms with Crippen LogP contribution in [0.5, 0.6) is 0 Å². The van der Waals surface area contributed by atoms with Crippen molar-refractivity contribution in [2.45, 2.75) is 20.8 Å². The van der Waals surface area contributed by atoms with Gasteiger partial charge in [0, 0.05) is 16.9 Å². The van der Waals surface area contributed by atoms with Crippen molar-refractivity contribution in [2.24, 2.45) is 0 Å². The van der Waals surface area contributed by atoms with E-state index in [1.165, 1.54) is 12.7 Å². The van der Waals surface area contributed by atoms with Crippen molar-refractivity contribution < 1.29 is 14.1 Å². The van der Waals surface area contributed by atoms with E-state index in [4.69, 9.17) is 9.26 Å². The van der Waals surface area contributed by atoms with Gasteiger partial charge in [0.25, 0.3) is 0 Å². The quantitative estimate of drug-likeness (QED) is 0.694. The van der Waals surface area contributed by atoms with Gasteiger partial charge < -0.3 is 14.6 Å². The smallest absolute Gasteiger partial charge is 0.337 e. The number of esters is 1. The summed E-state index contributed by atoms with van der Waals surface area (Å²) in [4.78, 5) is 12.1. The highest BCUT2D eigenvalue weighted by atomic mass is 16.5. The van der Waals surface area contributed by atoms with E-state index in [2.05, 4.69) is 10.5 Å². The molecule has 128 valence electrons. The summed E-state index contributed by atoms with van der Waals surface area (Å²) in [7, 11) is 1.37. The number of aromatic nitrogens is 1. The van der Waals surface area contributed by atoms with Crippen LogP contribution < -0.4 is 5.32 Å². The number of carbonyl (C=O) groups excluding carboxylic acids is 1. The van der Waals surface area contributed by atoms with Crippen LogP contribution in [0, 0.1) is 20.8 Å². The minimum absolute atomic E-state index is 0.388. The molecule has 0 radical (unpaired) electrons. The third kappa shape index (κ3) is 3.55. The van der Waals surface area contributed by atoms with Gasteiger partial charge in [0.15, 0.2) is 0 Å². The fraction of sp³-hybridized carbons (Fsp3) is 0.200. The molecule has 0 spiro atoms. The first-order valence-corrected chi connectivity index (χ1v) is 7.98. The molecule has 3 aromatic rings. The Hall–Kier alpha value is -3.08. The van der Waals surface area contributed by atoms with Gasteiger partial charge in [0.1, 0.15) is 5.76 Å². The van der Waals surface area contributed by atoms with Crippen LogP contribution in [-0.4, -0.2) is 18.2 Å². The first kappa shape index (κ1) is 16.8. The van der Waals surface area contributed by atoms with E-state index in [1.807, 2.05) is 51.1 Å². The molecule has 2 aromatic carbocycles. The van der Waals surface area contributed by atoms with E-state index in [0.29, 0.717) is 11.3 Å². The highest BCUT2D eigenvalue weighted by molar-refractivity contribution is 5.93. The summed E-state index contributed by atoms with van der Waals surface area (Å²) in [6.45, 7) is 5.77. The molecule has 5 nitrogen and oxygen atoms in total. The Labute approximate surface area is 146 Å². The number of benzene rings is 2. The van der Waals surface area contributed by atoms with Crippen LogP contribution in [-0.2, 0) is 4.74 Å². The van der Waals surface area contributed by atoms with Crippen LogP contribution in [0.4, 0.5) is 11.4 Å². The number of hydrogen-bond donors (Lipinski definition) is 1. The number of ether oxygens (including phenoxy) is 1. The lowest BCUT2D eigenvalue weighted by Crippen LogP contribution is -2.03. The minimum atomic E-state index is -0.388. The van der Waals surface area contributed by atoms with Crippen LogP contribution >= 0.6 is 0 Å². The average Bonchev–Trinajstić information content (AvgIpc) is 2.94. The molecule has 5 heteroatoms. The first-order valence-electron chi connectivity index (χ1n) is 7.98. The molecule has 0 saturated carbocycles. The molecule has 1 heterocycles. The second kappa shape index (κ2) is 6.81. The molecule has 0 unspecified atom stereocenters. The van der Waals surface area contributed by atoms with Gasteiger partial charge in [-0.15, -0.1) is 0 Å². The highest BCUT2D eigenvalue weighted by Crippen LogP contribution is 2.31. The second-order valence-corrected chi connectivity index (χ2v) is 5.98. The summed E-state index contributed by atoms with van der Waals surface area (Å²) < 4.78 is 10.1. The van der Waals surface area contributed by atoms with Crippen molar-refractivity contribution in [1.82, 2.24) is 5.16 Å². The number of nitrogens with zero attached hydrogens (tertiary/aromatic N) is 1. The van der Waals surface area contributed by atoms with Gasteiger partial charge in [0.2, 0.25) is 0 Å². The number of anilines is 2. The zero-order valence-corrected chi connectivity index (χ0v) is 14.7. The summed E-state index contributed by atoms with van der Waals surface area (Å²) in [6.07, 6.45) is 0. The molecule has 0 amide bonds. The Balaban J connectivity index is 2.07. The standard InChI is InChI=1S/C20H20N2O3/c1-12-5-7-17(8-6-12)21-18-10-15(9-16(11-18)20(23)24-4)19-13(2)22-25-14(19)3/h5-11,21H,1-4H3. The van der Waals surface area contributed by atoms with E-state index in [9.17, 15) is 4.79 Å². The third-order valence-electron chi connectivity index (χ3n) is 4.02. The number of aryl methyl sites for hydroxylation is 3. The van der Waals surface area contributed by atoms with Crippen LogP contribution in [0.15, 0.2) is 47.0 Å². The molecule has 0 aliphatic rings. The molecule has 0 fully saturated rings. The van der Waals surface area contributed by atoms with E-state index >= 15 is 0 Å². The van der Waals surface area contributed by atoms with Gasteiger partial charge in [-0.05, 0) is 56.7 Å². The normalized spacial score (nSPS) is 10.6. The maximum absolute atomic E-state index is 12.1. The predicted molar refractivity (Wildman–Crippen MR) is 97.2 cm³/mol. The summed E-state index contributed by atoms with van der Waals surface area (Å²) >= 11 is 0. The van der Waals surface area contributed by atoms with Gasteiger partial charge in [0.05, 0.1) is 18.4 Å². The molecule has 0 aliphatic heterocycles. The fourth-order valence-corrected chi connectivity index (χ4v) is 2.78. The van der Waals surface area contributed by atoms with E-state index in [-0.39, 0.29) is 5.97 Å². The first-order chi connectivity index (χ1) is 12.0. The monoisotopic (exact) mass is 336 g/mol. The second-order valence-electron chi connectivity index (χ2n) is 5.98. The summed E-state index contributed by atoms with van der Waals surface area (Å²) in [5.74, 6) is 0.321. The Morgan fingerprint density at radius 3 is 2.36 bits per heavy atom. The lowest BCUT2D eigenvalue weighted by Gasteiger charge is -2.11. The number of rotatable bonds is 4. The Morgan fingerprint density at radius 2 is 1.76 bits per heavy atom. The predicted octanol–water partition coefficient (Wildman–Crippen LogP) is 4.80. The minimum Gasteiger partial charge on any atom is -0.465 e. The third-order valence-corrected chi connectivity index (χ3v) is 4.02. The molecular formula is C20H20N2O3. The van der Waals surface area contributed by atoms with E-state index in [0.717, 1.165) is 28.2 Å². The molecule has 0 aliphatic carbocycles. The summed E-state index contributed by atoms with van der Waals surface area (Å²) in [5, 5.41) is 7.33. The Bertz CT molecular complexity index is 892. The number of hydrogen-bond acceptors (Lipinski definition) is 5. The molecular weight excluding hydrogens is 316 g/mol. The lowest BCUT2D eigenvalue weighted by molar-refractivity contribution is 0.0601. The Kier molecular flexibility index (Phi) is 4.57. The largest absolute Gasteiger partial charge is 0.465 e. The number of nitrogens with one attached hydrogen (secondary N) is 1. The molecule has 25 heavy (non-hydrogen) atoms. The molecule has 0 bridgehead atoms. The SMILES string of the molecule is COC(=O)c1cc(Nc2ccc(C)cc2)cc(-c2c(C)noc2C)c1. The topological polar surface area (TPSA) is 64.4 Å². The van der Waals surface area contributed by atoms with Crippen molar-refractivity contribution in [2.75, 3.05) is 12.4 Å². The summed E-state index contributed by atoms with van der Waals surface area (Å²) in [6, 6.07) is 13.6. The van der Waals surface area contributed by atoms with Crippen molar-refractivity contribution in [3.8, 4) is 11.1 Å². The van der Waals surface area contributed by atoms with Gasteiger partial charge in [-0.1, -0.05) is 22.9 Å². The van der Waals surface area contributed by atoms with Crippen LogP contribution in [0.1, 0.15) is 27.4 Å². The van der Waals surface area contributed by atoms with Gasteiger partial charge >= 0.3 is 5.97 Å². The molecule has 1 N–H and O–H groups in total. The molecule has 1 aromatic heterocycles. The highest BCUT2D eigenvalue weighted by Gasteiger charge is 2.16. The molecule has 0 atom stereocenters. The maximum atomic E-state index is 12.1. The molecule has 3 rings (SSSR count). The van der Waals surface area contributed by atoms with Gasteiger partial charge in [-0.2, -0.15) is 0 Å². The zero-order valence-electron chi connectivity index (χ0n) is 14.7. The van der Waals surface area contributed by atoms with Crippen molar-refractivity contribution in [3.05, 3.63) is 65.0 Å². The Morgan fingerprint density at radius 1 is 1.04 bits per heavy atom. The van der Waals surface area contributed by atoms with Crippen LogP contribution in [0.2, 0.25) is 0 Å². The van der Waals surface area contributed by atoms with Crippen molar-refractivity contribution in [3.63, 3.8) is 0 Å². The number of methoxy groups -OCH3 is 1. The van der Waals surface area contributed by atoms with Crippen molar-refractivity contribution in [1.29, 1.82) is 0 Å². The average molecular weight is 336 g/mol. The van der Waals surface area contributed by atoms with E-state index < -0.39 is 0 Å². The van der Waals surface area contributed by atoms with Gasteiger partial charge in [-0.25, -0.2) is 4.79 Å². The number of carbonyl (C=O) groups is 1. The summed E-state index contributed by atoms with van der Waals surface area (Å²) in [5.41, 5.74) is 5.91.